The first kappa shape index (κ1) is 24.3. The Morgan fingerprint density at radius 1 is 0.941 bits per heavy atom. The highest BCUT2D eigenvalue weighted by molar-refractivity contribution is 7.89. The minimum Gasteiger partial charge on any atom is -0.274 e. The Kier molecular flexibility index (Phi) is 7.04. The summed E-state index contributed by atoms with van der Waals surface area (Å²) in [5.41, 5.74) is 1.06. The van der Waals surface area contributed by atoms with Crippen molar-refractivity contribution in [3.05, 3.63) is 94.2 Å². The molecule has 3 aromatic carbocycles. The Bertz CT molecular complexity index is 1330. The molecule has 4 rings (SSSR count). The lowest BCUT2D eigenvalue weighted by atomic mass is 10.1. The van der Waals surface area contributed by atoms with Gasteiger partial charge in [0.1, 0.15) is 11.9 Å². The van der Waals surface area contributed by atoms with Crippen LogP contribution >= 0.6 is 23.2 Å². The standard InChI is InChI=1S/C24H19Cl2FN2O4S/c25-17-4-8-20(9-5-17)29-23(30)15-22(24(29)31)28(13-12-16-2-1-3-18(26)14-16)34(32,33)21-10-6-19(27)7-11-21/h1-11,14,22H,12-13,15H2. The number of halogens is 3. The third-order valence-corrected chi connectivity index (χ3v) is 7.89. The van der Waals surface area contributed by atoms with Crippen molar-refractivity contribution >= 4 is 50.7 Å². The first-order chi connectivity index (χ1) is 16.2. The van der Waals surface area contributed by atoms with Crippen molar-refractivity contribution in [1.82, 2.24) is 4.31 Å². The van der Waals surface area contributed by atoms with Crippen molar-refractivity contribution in [2.75, 3.05) is 11.4 Å². The van der Waals surface area contributed by atoms with Gasteiger partial charge in [0.2, 0.25) is 15.9 Å². The Hall–Kier alpha value is -2.78. The molecule has 6 nitrogen and oxygen atoms in total. The number of nitrogens with zero attached hydrogens (tertiary/aromatic N) is 2. The monoisotopic (exact) mass is 520 g/mol. The van der Waals surface area contributed by atoms with Gasteiger partial charge in [0.25, 0.3) is 5.91 Å². The molecule has 1 atom stereocenters. The second-order valence-corrected chi connectivity index (χ2v) is 10.5. The van der Waals surface area contributed by atoms with Gasteiger partial charge < -0.3 is 0 Å². The molecule has 176 valence electrons. The zero-order valence-electron chi connectivity index (χ0n) is 17.7. The third-order valence-electron chi connectivity index (χ3n) is 5.49. The zero-order valence-corrected chi connectivity index (χ0v) is 20.0. The Labute approximate surface area is 206 Å². The van der Waals surface area contributed by atoms with Crippen molar-refractivity contribution in [2.45, 2.75) is 23.8 Å². The number of amides is 2. The van der Waals surface area contributed by atoms with E-state index in [1.807, 2.05) is 0 Å². The van der Waals surface area contributed by atoms with Crippen LogP contribution in [-0.2, 0) is 26.0 Å². The molecule has 1 fully saturated rings. The lowest BCUT2D eigenvalue weighted by molar-refractivity contribution is -0.122. The number of rotatable bonds is 7. The Balaban J connectivity index is 1.69. The fourth-order valence-electron chi connectivity index (χ4n) is 3.82. The third kappa shape index (κ3) is 5.00. The average Bonchev–Trinajstić information content (AvgIpc) is 3.08. The minimum absolute atomic E-state index is 0.0851. The van der Waals surface area contributed by atoms with Crippen LogP contribution in [0.5, 0.6) is 0 Å². The number of sulfonamides is 1. The fourth-order valence-corrected chi connectivity index (χ4v) is 5.74. The summed E-state index contributed by atoms with van der Waals surface area (Å²) in [5.74, 6) is -1.78. The molecular formula is C24H19Cl2FN2O4S. The fraction of sp³-hybridized carbons (Fsp3) is 0.167. The summed E-state index contributed by atoms with van der Waals surface area (Å²) in [5, 5.41) is 0.924. The Morgan fingerprint density at radius 2 is 1.62 bits per heavy atom. The maximum Gasteiger partial charge on any atom is 0.252 e. The average molecular weight is 521 g/mol. The molecule has 0 aromatic heterocycles. The highest BCUT2D eigenvalue weighted by Gasteiger charge is 2.46. The van der Waals surface area contributed by atoms with E-state index < -0.39 is 33.7 Å². The van der Waals surface area contributed by atoms with Crippen LogP contribution < -0.4 is 4.90 Å². The molecule has 0 saturated carbocycles. The van der Waals surface area contributed by atoms with Gasteiger partial charge in [0, 0.05) is 16.6 Å². The van der Waals surface area contributed by atoms with Crippen LogP contribution in [0.4, 0.5) is 10.1 Å². The molecule has 0 aliphatic carbocycles. The number of hydrogen-bond donors (Lipinski definition) is 0. The van der Waals surface area contributed by atoms with Crippen LogP contribution in [0.25, 0.3) is 0 Å². The first-order valence-electron chi connectivity index (χ1n) is 10.3. The highest BCUT2D eigenvalue weighted by Crippen LogP contribution is 2.30. The molecular weight excluding hydrogens is 502 g/mol. The van der Waals surface area contributed by atoms with Crippen molar-refractivity contribution in [1.29, 1.82) is 0 Å². The van der Waals surface area contributed by atoms with Gasteiger partial charge in [0.05, 0.1) is 17.0 Å². The smallest absolute Gasteiger partial charge is 0.252 e. The predicted molar refractivity (Wildman–Crippen MR) is 128 cm³/mol. The van der Waals surface area contributed by atoms with Crippen LogP contribution in [-0.4, -0.2) is 37.1 Å². The molecule has 0 N–H and O–H groups in total. The molecule has 1 unspecified atom stereocenters. The van der Waals surface area contributed by atoms with Crippen molar-refractivity contribution < 1.29 is 22.4 Å². The molecule has 0 bridgehead atoms. The van der Waals surface area contributed by atoms with E-state index in [9.17, 15) is 22.4 Å². The molecule has 1 aliphatic heterocycles. The molecule has 1 heterocycles. The Morgan fingerprint density at radius 3 is 2.26 bits per heavy atom. The van der Waals surface area contributed by atoms with E-state index in [2.05, 4.69) is 0 Å². The van der Waals surface area contributed by atoms with E-state index in [0.29, 0.717) is 15.7 Å². The molecule has 10 heteroatoms. The van der Waals surface area contributed by atoms with Gasteiger partial charge in [-0.05, 0) is 72.6 Å². The van der Waals surface area contributed by atoms with Gasteiger partial charge >= 0.3 is 0 Å². The van der Waals surface area contributed by atoms with Crippen LogP contribution in [0.2, 0.25) is 10.0 Å². The largest absolute Gasteiger partial charge is 0.274 e. The van der Waals surface area contributed by atoms with Crippen LogP contribution in [0.3, 0.4) is 0 Å². The number of carbonyl (C=O) groups is 2. The van der Waals surface area contributed by atoms with Crippen LogP contribution in [0, 0.1) is 5.82 Å². The number of imide groups is 1. The van der Waals surface area contributed by atoms with Gasteiger partial charge in [-0.1, -0.05) is 35.3 Å². The summed E-state index contributed by atoms with van der Waals surface area (Å²) in [6, 6.07) is 16.1. The summed E-state index contributed by atoms with van der Waals surface area (Å²) >= 11 is 12.0. The summed E-state index contributed by atoms with van der Waals surface area (Å²) < 4.78 is 41.5. The lowest BCUT2D eigenvalue weighted by Gasteiger charge is -2.27. The molecule has 2 amide bonds. The van der Waals surface area contributed by atoms with Gasteiger partial charge in [-0.3, -0.25) is 9.59 Å². The second-order valence-electron chi connectivity index (χ2n) is 7.71. The molecule has 0 radical (unpaired) electrons. The van der Waals surface area contributed by atoms with Crippen LogP contribution in [0.15, 0.2) is 77.7 Å². The number of hydrogen-bond acceptors (Lipinski definition) is 4. The van der Waals surface area contributed by atoms with E-state index in [0.717, 1.165) is 39.0 Å². The lowest BCUT2D eigenvalue weighted by Crippen LogP contribution is -2.46. The first-order valence-corrected chi connectivity index (χ1v) is 12.5. The molecule has 0 spiro atoms. The van der Waals surface area contributed by atoms with E-state index in [1.54, 1.807) is 24.3 Å². The topological polar surface area (TPSA) is 74.8 Å². The van der Waals surface area contributed by atoms with Crippen molar-refractivity contribution in [3.8, 4) is 0 Å². The van der Waals surface area contributed by atoms with Crippen molar-refractivity contribution in [3.63, 3.8) is 0 Å². The maximum absolute atomic E-state index is 13.5. The minimum atomic E-state index is -4.24. The van der Waals surface area contributed by atoms with E-state index in [1.165, 1.54) is 24.3 Å². The second kappa shape index (κ2) is 9.84. The van der Waals surface area contributed by atoms with Gasteiger partial charge in [-0.15, -0.1) is 0 Å². The number of carbonyl (C=O) groups excluding carboxylic acids is 2. The molecule has 1 aliphatic rings. The van der Waals surface area contributed by atoms with E-state index in [-0.39, 0.29) is 24.3 Å². The summed E-state index contributed by atoms with van der Waals surface area (Å²) in [4.78, 5) is 26.9. The zero-order chi connectivity index (χ0) is 24.5. The summed E-state index contributed by atoms with van der Waals surface area (Å²) in [6.07, 6.45) is -0.0721. The number of benzene rings is 3. The molecule has 1 saturated heterocycles. The van der Waals surface area contributed by atoms with Gasteiger partial charge in [0.15, 0.2) is 0 Å². The van der Waals surface area contributed by atoms with Crippen LogP contribution in [0.1, 0.15) is 12.0 Å². The quantitative estimate of drug-likeness (QED) is 0.423. The van der Waals surface area contributed by atoms with E-state index >= 15 is 0 Å². The number of anilines is 1. The predicted octanol–water partition coefficient (Wildman–Crippen LogP) is 4.70. The van der Waals surface area contributed by atoms with Crippen molar-refractivity contribution in [2.24, 2.45) is 0 Å². The van der Waals surface area contributed by atoms with Gasteiger partial charge in [-0.2, -0.15) is 4.31 Å². The SMILES string of the molecule is O=C1CC(N(CCc2cccc(Cl)c2)S(=O)(=O)c2ccc(F)cc2)C(=O)N1c1ccc(Cl)cc1. The molecule has 3 aromatic rings. The maximum atomic E-state index is 13.5. The van der Waals surface area contributed by atoms with E-state index in [4.69, 9.17) is 23.2 Å². The highest BCUT2D eigenvalue weighted by atomic mass is 35.5. The summed E-state index contributed by atoms with van der Waals surface area (Å²) in [6.45, 7) is -0.0851. The van der Waals surface area contributed by atoms with Gasteiger partial charge in [-0.25, -0.2) is 17.7 Å². The summed E-state index contributed by atoms with van der Waals surface area (Å²) in [7, 11) is -4.24. The normalized spacial score (nSPS) is 16.5. The molecule has 34 heavy (non-hydrogen) atoms.